The molecule has 1 aliphatic rings. The topological polar surface area (TPSA) is 0 Å². The Morgan fingerprint density at radius 1 is 0.913 bits per heavy atom. The van der Waals surface area contributed by atoms with Crippen molar-refractivity contribution in [1.29, 1.82) is 0 Å². The summed E-state index contributed by atoms with van der Waals surface area (Å²) in [5.41, 5.74) is 11.3. The van der Waals surface area contributed by atoms with E-state index in [1.54, 1.807) is 0 Å². The maximum atomic E-state index is 6.85. The van der Waals surface area contributed by atoms with Gasteiger partial charge in [0.15, 0.2) is 7.38 Å². The van der Waals surface area contributed by atoms with Gasteiger partial charge in [-0.1, -0.05) is 66.2 Å². The van der Waals surface area contributed by atoms with Gasteiger partial charge in [-0.3, -0.25) is 0 Å². The standard InChI is InChI=1S/C21H25ClSi/c1-13-9-14(2)11-17(10-13)20-15(3)7-8-18-19(20)12-16(4)21(18)23(5,6)22/h7-12,21H,1-6H3. The van der Waals surface area contributed by atoms with Gasteiger partial charge < -0.3 is 0 Å². The first-order chi connectivity index (χ1) is 10.7. The lowest BCUT2D eigenvalue weighted by atomic mass is 9.91. The SMILES string of the molecule is CC1=Cc2c(ccc(C)c2-c2cc(C)cc(C)c2)C1[Si](C)(C)Cl. The lowest BCUT2D eigenvalue weighted by Crippen LogP contribution is -2.28. The molecule has 0 fully saturated rings. The molecule has 0 saturated carbocycles. The zero-order valence-corrected chi connectivity index (χ0v) is 16.7. The normalized spacial score (nSPS) is 17.2. The van der Waals surface area contributed by atoms with Crippen molar-refractivity contribution in [2.24, 2.45) is 0 Å². The van der Waals surface area contributed by atoms with Crippen LogP contribution in [0, 0.1) is 20.8 Å². The summed E-state index contributed by atoms with van der Waals surface area (Å²) in [6, 6.07) is 11.4. The maximum Gasteiger partial charge on any atom is 0.161 e. The van der Waals surface area contributed by atoms with Crippen molar-refractivity contribution in [1.82, 2.24) is 0 Å². The minimum absolute atomic E-state index is 0.421. The molecule has 23 heavy (non-hydrogen) atoms. The number of rotatable bonds is 2. The summed E-state index contributed by atoms with van der Waals surface area (Å²) in [5.74, 6) is 0. The number of fused-ring (bicyclic) bond motifs is 1. The van der Waals surface area contributed by atoms with Crippen LogP contribution in [0.5, 0.6) is 0 Å². The number of benzene rings is 2. The average molecular weight is 341 g/mol. The molecule has 0 nitrogen and oxygen atoms in total. The van der Waals surface area contributed by atoms with E-state index in [0.717, 1.165) is 0 Å². The minimum Gasteiger partial charge on any atom is -0.167 e. The molecular weight excluding hydrogens is 316 g/mol. The van der Waals surface area contributed by atoms with Crippen molar-refractivity contribution in [3.8, 4) is 11.1 Å². The van der Waals surface area contributed by atoms with Crippen molar-refractivity contribution in [2.45, 2.75) is 46.3 Å². The molecule has 0 bridgehead atoms. The number of aryl methyl sites for hydroxylation is 3. The molecule has 120 valence electrons. The van der Waals surface area contributed by atoms with E-state index in [1.165, 1.54) is 44.5 Å². The monoisotopic (exact) mass is 340 g/mol. The van der Waals surface area contributed by atoms with E-state index < -0.39 is 7.38 Å². The predicted molar refractivity (Wildman–Crippen MR) is 106 cm³/mol. The first-order valence-corrected chi connectivity index (χ1v) is 12.4. The van der Waals surface area contributed by atoms with Crippen LogP contribution in [0.25, 0.3) is 17.2 Å². The second kappa shape index (κ2) is 5.65. The van der Waals surface area contributed by atoms with Gasteiger partial charge >= 0.3 is 0 Å². The second-order valence-electron chi connectivity index (χ2n) is 7.52. The lowest BCUT2D eigenvalue weighted by Gasteiger charge is -2.25. The molecule has 0 heterocycles. The molecule has 3 rings (SSSR count). The van der Waals surface area contributed by atoms with Crippen LogP contribution < -0.4 is 0 Å². The predicted octanol–water partition coefficient (Wildman–Crippen LogP) is 6.76. The van der Waals surface area contributed by atoms with Gasteiger partial charge in [0, 0.05) is 5.54 Å². The highest BCUT2D eigenvalue weighted by atomic mass is 35.6. The molecule has 2 aromatic rings. The molecular formula is C21H25ClSi. The van der Waals surface area contributed by atoms with Gasteiger partial charge in [-0.25, -0.2) is 0 Å². The fraction of sp³-hybridized carbons (Fsp3) is 0.333. The van der Waals surface area contributed by atoms with Crippen LogP contribution in [0.3, 0.4) is 0 Å². The molecule has 2 aromatic carbocycles. The van der Waals surface area contributed by atoms with E-state index in [2.05, 4.69) is 77.2 Å². The molecule has 2 heteroatoms. The van der Waals surface area contributed by atoms with Crippen molar-refractivity contribution in [3.05, 3.63) is 63.7 Å². The minimum atomic E-state index is -1.80. The smallest absolute Gasteiger partial charge is 0.161 e. The molecule has 0 amide bonds. The average Bonchev–Trinajstić information content (AvgIpc) is 2.72. The van der Waals surface area contributed by atoms with Gasteiger partial charge in [0.1, 0.15) is 0 Å². The van der Waals surface area contributed by atoms with E-state index in [4.69, 9.17) is 11.1 Å². The summed E-state index contributed by atoms with van der Waals surface area (Å²) in [5, 5.41) is 0. The van der Waals surface area contributed by atoms with Gasteiger partial charge in [0.25, 0.3) is 0 Å². The van der Waals surface area contributed by atoms with E-state index in [0.29, 0.717) is 5.54 Å². The highest BCUT2D eigenvalue weighted by molar-refractivity contribution is 7.20. The maximum absolute atomic E-state index is 6.85. The van der Waals surface area contributed by atoms with E-state index in [1.807, 2.05) is 0 Å². The third-order valence-electron chi connectivity index (χ3n) is 4.82. The fourth-order valence-electron chi connectivity index (χ4n) is 4.12. The van der Waals surface area contributed by atoms with Crippen molar-refractivity contribution >= 4 is 24.5 Å². The Labute approximate surface area is 145 Å². The molecule has 0 saturated heterocycles. The van der Waals surface area contributed by atoms with Crippen LogP contribution in [0.15, 0.2) is 35.9 Å². The highest BCUT2D eigenvalue weighted by Gasteiger charge is 2.37. The molecule has 0 radical (unpaired) electrons. The summed E-state index contributed by atoms with van der Waals surface area (Å²) < 4.78 is 0. The van der Waals surface area contributed by atoms with Gasteiger partial charge in [0.2, 0.25) is 0 Å². The van der Waals surface area contributed by atoms with Gasteiger partial charge in [-0.05, 0) is 55.5 Å². The summed E-state index contributed by atoms with van der Waals surface area (Å²) in [6.07, 6.45) is 2.37. The summed E-state index contributed by atoms with van der Waals surface area (Å²) >= 11 is 6.85. The van der Waals surface area contributed by atoms with E-state index >= 15 is 0 Å². The number of hydrogen-bond acceptors (Lipinski definition) is 0. The Hall–Kier alpha value is -1.31. The number of allylic oxidation sites excluding steroid dienone is 1. The quantitative estimate of drug-likeness (QED) is 0.418. The molecule has 0 aromatic heterocycles. The largest absolute Gasteiger partial charge is 0.167 e. The Morgan fingerprint density at radius 2 is 1.52 bits per heavy atom. The number of hydrogen-bond donors (Lipinski definition) is 0. The van der Waals surface area contributed by atoms with Crippen molar-refractivity contribution in [3.63, 3.8) is 0 Å². The third-order valence-corrected chi connectivity index (χ3v) is 7.62. The number of halogens is 1. The molecule has 1 aliphatic carbocycles. The summed E-state index contributed by atoms with van der Waals surface area (Å²) in [6.45, 7) is 13.3. The Balaban J connectivity index is 2.27. The van der Waals surface area contributed by atoms with Crippen LogP contribution in [0.4, 0.5) is 0 Å². The Morgan fingerprint density at radius 3 is 2.09 bits per heavy atom. The van der Waals surface area contributed by atoms with E-state index in [-0.39, 0.29) is 0 Å². The van der Waals surface area contributed by atoms with Crippen LogP contribution in [-0.2, 0) is 0 Å². The van der Waals surface area contributed by atoms with Crippen LogP contribution in [-0.4, -0.2) is 7.38 Å². The van der Waals surface area contributed by atoms with Crippen LogP contribution in [0.2, 0.25) is 13.1 Å². The highest BCUT2D eigenvalue weighted by Crippen LogP contribution is 2.47. The molecule has 0 aliphatic heterocycles. The zero-order valence-electron chi connectivity index (χ0n) is 14.9. The first kappa shape index (κ1) is 16.5. The van der Waals surface area contributed by atoms with Gasteiger partial charge in [-0.15, -0.1) is 0 Å². The summed E-state index contributed by atoms with van der Waals surface area (Å²) in [7, 11) is -1.80. The molecule has 0 spiro atoms. The van der Waals surface area contributed by atoms with Gasteiger partial charge in [0.05, 0.1) is 0 Å². The fourth-order valence-corrected chi connectivity index (χ4v) is 7.15. The van der Waals surface area contributed by atoms with Crippen LogP contribution >= 0.6 is 11.1 Å². The third kappa shape index (κ3) is 2.93. The molecule has 0 N–H and O–H groups in total. The summed E-state index contributed by atoms with van der Waals surface area (Å²) in [4.78, 5) is 0. The molecule has 1 atom stereocenters. The van der Waals surface area contributed by atoms with Crippen molar-refractivity contribution in [2.75, 3.05) is 0 Å². The van der Waals surface area contributed by atoms with Crippen molar-refractivity contribution < 1.29 is 0 Å². The van der Waals surface area contributed by atoms with E-state index in [9.17, 15) is 0 Å². The van der Waals surface area contributed by atoms with Crippen LogP contribution in [0.1, 0.15) is 40.3 Å². The Kier molecular flexibility index (Phi) is 4.06. The zero-order chi connectivity index (χ0) is 16.9. The van der Waals surface area contributed by atoms with Gasteiger partial charge in [-0.2, -0.15) is 11.1 Å². The Bertz CT molecular complexity index is 789. The molecule has 1 unspecified atom stereocenters. The first-order valence-electron chi connectivity index (χ1n) is 8.28. The lowest BCUT2D eigenvalue weighted by molar-refractivity contribution is 1.09. The second-order valence-corrected chi connectivity index (χ2v) is 14.2.